The van der Waals surface area contributed by atoms with Crippen LogP contribution in [0.5, 0.6) is 0 Å². The molecule has 0 aliphatic heterocycles. The quantitative estimate of drug-likeness (QED) is 0.364. The molecule has 0 radical (unpaired) electrons. The average Bonchev–Trinajstić information content (AvgIpc) is 3.16. The van der Waals surface area contributed by atoms with Crippen LogP contribution in [-0.4, -0.2) is 21.6 Å². The highest BCUT2D eigenvalue weighted by molar-refractivity contribution is 7.99. The summed E-state index contributed by atoms with van der Waals surface area (Å²) in [6.45, 7) is 0.437. The Balaban J connectivity index is 1.54. The van der Waals surface area contributed by atoms with Crippen molar-refractivity contribution in [1.29, 1.82) is 0 Å². The third kappa shape index (κ3) is 5.15. The predicted octanol–water partition coefficient (Wildman–Crippen LogP) is 5.81. The van der Waals surface area contributed by atoms with Crippen molar-refractivity contribution < 1.29 is 4.79 Å². The molecule has 4 aromatic rings. The van der Waals surface area contributed by atoms with Gasteiger partial charge in [0.15, 0.2) is 5.13 Å². The first-order chi connectivity index (χ1) is 14.2. The molecular formula is C22H18ClN3OS2. The van der Waals surface area contributed by atoms with Gasteiger partial charge in [-0.05, 0) is 35.4 Å². The van der Waals surface area contributed by atoms with Crippen molar-refractivity contribution in [2.24, 2.45) is 0 Å². The molecule has 2 aromatic carbocycles. The fraction of sp³-hybridized carbons (Fsp3) is 0.136. The summed E-state index contributed by atoms with van der Waals surface area (Å²) in [6.07, 6.45) is 3.51. The minimum absolute atomic E-state index is 0.0277. The summed E-state index contributed by atoms with van der Waals surface area (Å²) in [5.74, 6) is 1.20. The van der Waals surface area contributed by atoms with Gasteiger partial charge in [0.05, 0.1) is 22.5 Å². The molecule has 29 heavy (non-hydrogen) atoms. The summed E-state index contributed by atoms with van der Waals surface area (Å²) < 4.78 is 0.966. The lowest BCUT2D eigenvalue weighted by Crippen LogP contribution is -2.31. The zero-order valence-corrected chi connectivity index (χ0v) is 17.9. The van der Waals surface area contributed by atoms with Gasteiger partial charge in [-0.3, -0.25) is 14.7 Å². The molecule has 0 aliphatic carbocycles. The van der Waals surface area contributed by atoms with Crippen LogP contribution in [0.25, 0.3) is 10.2 Å². The van der Waals surface area contributed by atoms with Crippen molar-refractivity contribution in [1.82, 2.24) is 9.97 Å². The first kappa shape index (κ1) is 19.9. The lowest BCUT2D eigenvalue weighted by atomic mass is 10.2. The number of thiazole rings is 1. The lowest BCUT2D eigenvalue weighted by molar-refractivity contribution is -0.116. The number of amides is 1. The molecule has 7 heteroatoms. The van der Waals surface area contributed by atoms with Crippen LogP contribution in [0.15, 0.2) is 73.1 Å². The van der Waals surface area contributed by atoms with E-state index >= 15 is 0 Å². The van der Waals surface area contributed by atoms with E-state index in [0.29, 0.717) is 22.5 Å². The van der Waals surface area contributed by atoms with Crippen LogP contribution >= 0.6 is 34.7 Å². The number of carbonyl (C=O) groups is 1. The van der Waals surface area contributed by atoms with Crippen molar-refractivity contribution in [2.75, 3.05) is 10.7 Å². The van der Waals surface area contributed by atoms with E-state index in [4.69, 9.17) is 11.6 Å². The van der Waals surface area contributed by atoms with Gasteiger partial charge in [0.25, 0.3) is 0 Å². The molecule has 2 heterocycles. The van der Waals surface area contributed by atoms with Gasteiger partial charge in [-0.15, -0.1) is 11.8 Å². The van der Waals surface area contributed by atoms with E-state index in [1.165, 1.54) is 16.9 Å². The Morgan fingerprint density at radius 3 is 2.69 bits per heavy atom. The second-order valence-corrected chi connectivity index (χ2v) is 8.86. The third-order valence-electron chi connectivity index (χ3n) is 4.27. The standard InChI is InChI=1S/C22H18ClN3OS2/c23-18-8-9-19-20(11-18)29-22(25-19)26(13-17-7-4-10-24-12-17)21(27)15-28-14-16-5-2-1-3-6-16/h1-12H,13-15H2. The number of thioether (sulfide) groups is 1. The van der Waals surface area contributed by atoms with Crippen LogP contribution in [-0.2, 0) is 17.1 Å². The van der Waals surface area contributed by atoms with Gasteiger partial charge >= 0.3 is 0 Å². The number of anilines is 1. The van der Waals surface area contributed by atoms with Gasteiger partial charge in [0.1, 0.15) is 0 Å². The average molecular weight is 440 g/mol. The van der Waals surface area contributed by atoms with Gasteiger partial charge in [-0.1, -0.05) is 59.3 Å². The summed E-state index contributed by atoms with van der Waals surface area (Å²) in [5, 5.41) is 1.34. The van der Waals surface area contributed by atoms with Crippen molar-refractivity contribution in [2.45, 2.75) is 12.3 Å². The Hall–Kier alpha value is -2.41. The molecule has 0 bridgehead atoms. The van der Waals surface area contributed by atoms with Crippen molar-refractivity contribution in [3.05, 3.63) is 89.2 Å². The van der Waals surface area contributed by atoms with E-state index in [2.05, 4.69) is 22.1 Å². The number of nitrogens with zero attached hydrogens (tertiary/aromatic N) is 3. The zero-order chi connectivity index (χ0) is 20.1. The third-order valence-corrected chi connectivity index (χ3v) is 6.54. The van der Waals surface area contributed by atoms with Crippen LogP contribution in [0.3, 0.4) is 0 Å². The summed E-state index contributed by atoms with van der Waals surface area (Å²) in [7, 11) is 0. The van der Waals surface area contributed by atoms with E-state index in [9.17, 15) is 4.79 Å². The van der Waals surface area contributed by atoms with Gasteiger partial charge < -0.3 is 0 Å². The van der Waals surface area contributed by atoms with Crippen molar-refractivity contribution >= 4 is 56.0 Å². The van der Waals surface area contributed by atoms with Crippen LogP contribution in [0.4, 0.5) is 5.13 Å². The molecular weight excluding hydrogens is 422 g/mol. The maximum Gasteiger partial charge on any atom is 0.239 e. The fourth-order valence-corrected chi connectivity index (χ4v) is 4.97. The largest absolute Gasteiger partial charge is 0.283 e. The topological polar surface area (TPSA) is 46.1 Å². The lowest BCUT2D eigenvalue weighted by Gasteiger charge is -2.19. The minimum Gasteiger partial charge on any atom is -0.283 e. The summed E-state index contributed by atoms with van der Waals surface area (Å²) in [5.41, 5.74) is 3.01. The summed E-state index contributed by atoms with van der Waals surface area (Å²) in [4.78, 5) is 23.7. The molecule has 4 rings (SSSR count). The monoisotopic (exact) mass is 439 g/mol. The minimum atomic E-state index is 0.0277. The number of carbonyl (C=O) groups excluding carboxylic acids is 1. The normalized spacial score (nSPS) is 10.9. The number of hydrogen-bond donors (Lipinski definition) is 0. The molecule has 1 amide bonds. The SMILES string of the molecule is O=C(CSCc1ccccc1)N(Cc1cccnc1)c1nc2ccc(Cl)cc2s1. The molecule has 4 nitrogen and oxygen atoms in total. The number of aromatic nitrogens is 2. The molecule has 146 valence electrons. The number of hydrogen-bond acceptors (Lipinski definition) is 5. The van der Waals surface area contributed by atoms with Gasteiger partial charge in [-0.2, -0.15) is 0 Å². The van der Waals surface area contributed by atoms with Crippen LogP contribution in [0, 0.1) is 0 Å². The molecule has 0 fully saturated rings. The second kappa shape index (κ2) is 9.39. The fourth-order valence-electron chi connectivity index (χ4n) is 2.85. The van der Waals surface area contributed by atoms with Crippen LogP contribution in [0.2, 0.25) is 5.02 Å². The van der Waals surface area contributed by atoms with Gasteiger partial charge in [0.2, 0.25) is 5.91 Å². The van der Waals surface area contributed by atoms with Crippen LogP contribution in [0.1, 0.15) is 11.1 Å². The van der Waals surface area contributed by atoms with Crippen molar-refractivity contribution in [3.63, 3.8) is 0 Å². The first-order valence-electron chi connectivity index (χ1n) is 9.06. The molecule has 0 spiro atoms. The number of halogens is 1. The molecule has 2 aromatic heterocycles. The highest BCUT2D eigenvalue weighted by atomic mass is 35.5. The van der Waals surface area contributed by atoms with Crippen LogP contribution < -0.4 is 4.90 Å². The second-order valence-electron chi connectivity index (χ2n) is 6.43. The highest BCUT2D eigenvalue weighted by Crippen LogP contribution is 2.32. The first-order valence-corrected chi connectivity index (χ1v) is 11.4. The number of fused-ring (bicyclic) bond motifs is 1. The number of pyridine rings is 1. The maximum atomic E-state index is 13.1. The van der Waals surface area contributed by atoms with Gasteiger partial charge in [0, 0.05) is 23.2 Å². The Morgan fingerprint density at radius 1 is 1.07 bits per heavy atom. The smallest absolute Gasteiger partial charge is 0.239 e. The molecule has 0 aliphatic rings. The zero-order valence-electron chi connectivity index (χ0n) is 15.5. The Morgan fingerprint density at radius 2 is 1.90 bits per heavy atom. The Bertz CT molecular complexity index is 1100. The highest BCUT2D eigenvalue weighted by Gasteiger charge is 2.20. The van der Waals surface area contributed by atoms with E-state index in [1.54, 1.807) is 29.1 Å². The molecule has 0 N–H and O–H groups in total. The maximum absolute atomic E-state index is 13.1. The van der Waals surface area contributed by atoms with E-state index in [1.807, 2.05) is 48.5 Å². The molecule has 0 atom stereocenters. The van der Waals surface area contributed by atoms with E-state index in [-0.39, 0.29) is 5.91 Å². The van der Waals surface area contributed by atoms with Crippen molar-refractivity contribution in [3.8, 4) is 0 Å². The number of rotatable bonds is 7. The van der Waals surface area contributed by atoms with Gasteiger partial charge in [-0.25, -0.2) is 4.98 Å². The number of benzene rings is 2. The van der Waals surface area contributed by atoms with E-state index < -0.39 is 0 Å². The molecule has 0 saturated heterocycles. The molecule has 0 unspecified atom stereocenters. The Labute approximate surface area is 182 Å². The summed E-state index contributed by atoms with van der Waals surface area (Å²) in [6, 6.07) is 19.6. The summed E-state index contributed by atoms with van der Waals surface area (Å²) >= 11 is 9.20. The molecule has 0 saturated carbocycles. The Kier molecular flexibility index (Phi) is 6.44. The predicted molar refractivity (Wildman–Crippen MR) is 123 cm³/mol. The van der Waals surface area contributed by atoms with E-state index in [0.717, 1.165) is 21.5 Å².